The highest BCUT2D eigenvalue weighted by Gasteiger charge is 2.34. The Morgan fingerprint density at radius 2 is 1.83 bits per heavy atom. The molecule has 1 aromatic rings. The van der Waals surface area contributed by atoms with Gasteiger partial charge in [0.2, 0.25) is 5.91 Å². The van der Waals surface area contributed by atoms with Crippen molar-refractivity contribution < 1.29 is 9.18 Å². The first-order valence-electron chi connectivity index (χ1n) is 9.29. The predicted octanol–water partition coefficient (Wildman–Crippen LogP) is 3.43. The summed E-state index contributed by atoms with van der Waals surface area (Å²) in [7, 11) is 0. The molecule has 0 aromatic heterocycles. The fourth-order valence-electron chi connectivity index (χ4n) is 4.20. The molecule has 4 heteroatoms. The monoisotopic (exact) mass is 332 g/mol. The van der Waals surface area contributed by atoms with Crippen molar-refractivity contribution in [2.45, 2.75) is 70.5 Å². The van der Waals surface area contributed by atoms with Gasteiger partial charge >= 0.3 is 0 Å². The van der Waals surface area contributed by atoms with E-state index < -0.39 is 0 Å². The highest BCUT2D eigenvalue weighted by Crippen LogP contribution is 2.32. The fourth-order valence-corrected chi connectivity index (χ4v) is 4.20. The van der Waals surface area contributed by atoms with Crippen LogP contribution in [0, 0.1) is 17.7 Å². The molecule has 2 saturated heterocycles. The third kappa shape index (κ3) is 4.56. The molecule has 3 nitrogen and oxygen atoms in total. The minimum absolute atomic E-state index is 0.0985. The number of halogens is 1. The molecular formula is C20H29FN2O. The van der Waals surface area contributed by atoms with Gasteiger partial charge in [0, 0.05) is 24.5 Å². The molecule has 0 spiro atoms. The average Bonchev–Trinajstić information content (AvgIpc) is 2.87. The van der Waals surface area contributed by atoms with E-state index in [0.717, 1.165) is 24.8 Å². The largest absolute Gasteiger partial charge is 0.353 e. The van der Waals surface area contributed by atoms with Crippen molar-refractivity contribution >= 4 is 5.91 Å². The van der Waals surface area contributed by atoms with Crippen molar-refractivity contribution in [1.29, 1.82) is 0 Å². The van der Waals surface area contributed by atoms with Gasteiger partial charge in [-0.05, 0) is 61.6 Å². The summed E-state index contributed by atoms with van der Waals surface area (Å²) in [5, 5.41) is 6.85. The van der Waals surface area contributed by atoms with Crippen LogP contribution in [0.5, 0.6) is 0 Å². The van der Waals surface area contributed by atoms with Crippen LogP contribution < -0.4 is 10.6 Å². The lowest BCUT2D eigenvalue weighted by atomic mass is 9.89. The predicted molar refractivity (Wildman–Crippen MR) is 94.2 cm³/mol. The summed E-state index contributed by atoms with van der Waals surface area (Å²) in [5.74, 6) is 0.817. The first-order valence-corrected chi connectivity index (χ1v) is 9.29. The number of hydrogen-bond acceptors (Lipinski definition) is 2. The van der Waals surface area contributed by atoms with Crippen LogP contribution in [0.25, 0.3) is 0 Å². The van der Waals surface area contributed by atoms with E-state index in [1.807, 2.05) is 0 Å². The van der Waals surface area contributed by atoms with E-state index in [4.69, 9.17) is 0 Å². The molecule has 2 heterocycles. The third-order valence-electron chi connectivity index (χ3n) is 5.56. The van der Waals surface area contributed by atoms with Crippen molar-refractivity contribution in [2.24, 2.45) is 11.8 Å². The molecule has 1 amide bonds. The maximum atomic E-state index is 13.0. The number of carbonyl (C=O) groups excluding carboxylic acids is 1. The summed E-state index contributed by atoms with van der Waals surface area (Å²) < 4.78 is 13.0. The van der Waals surface area contributed by atoms with Crippen molar-refractivity contribution in [1.82, 2.24) is 10.6 Å². The highest BCUT2D eigenvalue weighted by atomic mass is 19.1. The first kappa shape index (κ1) is 17.4. The summed E-state index contributed by atoms with van der Waals surface area (Å²) in [6.45, 7) is 4.25. The summed E-state index contributed by atoms with van der Waals surface area (Å²) in [4.78, 5) is 12.5. The second-order valence-corrected chi connectivity index (χ2v) is 7.93. The molecule has 1 unspecified atom stereocenters. The third-order valence-corrected chi connectivity index (χ3v) is 5.56. The normalized spacial score (nSPS) is 27.2. The van der Waals surface area contributed by atoms with E-state index in [9.17, 15) is 9.18 Å². The van der Waals surface area contributed by atoms with Crippen LogP contribution in [0.4, 0.5) is 4.39 Å². The van der Waals surface area contributed by atoms with Gasteiger partial charge in [-0.2, -0.15) is 0 Å². The molecule has 2 aliphatic heterocycles. The van der Waals surface area contributed by atoms with Crippen LogP contribution in [0.15, 0.2) is 24.3 Å². The Morgan fingerprint density at radius 3 is 2.42 bits per heavy atom. The summed E-state index contributed by atoms with van der Waals surface area (Å²) in [6.07, 6.45) is 6.19. The SMILES string of the molecule is CC(C)[C@@H](Cc1ccc(F)cc1)NC(=O)CC1C[C@H]2CC[C@@H](C1)N2. The number of rotatable bonds is 6. The molecule has 4 atom stereocenters. The van der Waals surface area contributed by atoms with Gasteiger partial charge in [-0.3, -0.25) is 4.79 Å². The van der Waals surface area contributed by atoms with Crippen molar-refractivity contribution in [3.05, 3.63) is 35.6 Å². The molecule has 0 aliphatic carbocycles. The van der Waals surface area contributed by atoms with Crippen LogP contribution in [-0.4, -0.2) is 24.0 Å². The zero-order valence-electron chi connectivity index (χ0n) is 14.7. The fraction of sp³-hybridized carbons (Fsp3) is 0.650. The van der Waals surface area contributed by atoms with Gasteiger partial charge in [0.15, 0.2) is 0 Å². The Labute approximate surface area is 144 Å². The number of hydrogen-bond donors (Lipinski definition) is 2. The number of amides is 1. The minimum atomic E-state index is -0.218. The van der Waals surface area contributed by atoms with Crippen LogP contribution >= 0.6 is 0 Å². The van der Waals surface area contributed by atoms with Crippen LogP contribution in [-0.2, 0) is 11.2 Å². The van der Waals surface area contributed by atoms with E-state index in [1.54, 1.807) is 12.1 Å². The summed E-state index contributed by atoms with van der Waals surface area (Å²) >= 11 is 0. The molecule has 2 fully saturated rings. The van der Waals surface area contributed by atoms with Gasteiger partial charge in [0.1, 0.15) is 5.82 Å². The van der Waals surface area contributed by atoms with Gasteiger partial charge in [-0.25, -0.2) is 4.39 Å². The van der Waals surface area contributed by atoms with Crippen molar-refractivity contribution in [3.8, 4) is 0 Å². The number of carbonyl (C=O) groups is 1. The number of benzene rings is 1. The van der Waals surface area contributed by atoms with Crippen LogP contribution in [0.1, 0.15) is 51.5 Å². The summed E-state index contributed by atoms with van der Waals surface area (Å²) in [6, 6.07) is 7.94. The number of piperidine rings is 1. The van der Waals surface area contributed by atoms with E-state index in [0.29, 0.717) is 30.3 Å². The van der Waals surface area contributed by atoms with Gasteiger partial charge in [-0.15, -0.1) is 0 Å². The van der Waals surface area contributed by atoms with E-state index in [1.165, 1.54) is 25.0 Å². The summed E-state index contributed by atoms with van der Waals surface area (Å²) in [5.41, 5.74) is 1.07. The average molecular weight is 332 g/mol. The van der Waals surface area contributed by atoms with Gasteiger partial charge in [-0.1, -0.05) is 26.0 Å². The number of nitrogens with one attached hydrogen (secondary N) is 2. The topological polar surface area (TPSA) is 41.1 Å². The Balaban J connectivity index is 1.52. The molecule has 2 aliphatic rings. The maximum absolute atomic E-state index is 13.0. The molecule has 0 radical (unpaired) electrons. The first-order chi connectivity index (χ1) is 11.5. The molecule has 0 saturated carbocycles. The van der Waals surface area contributed by atoms with Gasteiger partial charge in [0.05, 0.1) is 0 Å². The lowest BCUT2D eigenvalue weighted by molar-refractivity contribution is -0.123. The van der Waals surface area contributed by atoms with Crippen molar-refractivity contribution in [2.75, 3.05) is 0 Å². The Hall–Kier alpha value is -1.42. The minimum Gasteiger partial charge on any atom is -0.353 e. The van der Waals surface area contributed by atoms with Gasteiger partial charge < -0.3 is 10.6 Å². The maximum Gasteiger partial charge on any atom is 0.220 e. The standard InChI is InChI=1S/C20H29FN2O/c1-13(2)19(11-14-3-5-16(21)6-4-14)23-20(24)12-15-9-17-7-8-18(10-15)22-17/h3-6,13,15,17-19,22H,7-12H2,1-2H3,(H,23,24)/t15?,17-,18+,19-/m1/s1. The smallest absolute Gasteiger partial charge is 0.220 e. The zero-order valence-corrected chi connectivity index (χ0v) is 14.7. The molecule has 132 valence electrons. The molecule has 2 N–H and O–H groups in total. The van der Waals surface area contributed by atoms with E-state index in [2.05, 4.69) is 24.5 Å². The van der Waals surface area contributed by atoms with E-state index in [-0.39, 0.29) is 17.8 Å². The molecular weight excluding hydrogens is 303 g/mol. The Kier molecular flexibility index (Phi) is 5.54. The van der Waals surface area contributed by atoms with Gasteiger partial charge in [0.25, 0.3) is 0 Å². The van der Waals surface area contributed by atoms with Crippen LogP contribution in [0.2, 0.25) is 0 Å². The molecule has 3 rings (SSSR count). The Morgan fingerprint density at radius 1 is 1.21 bits per heavy atom. The number of fused-ring (bicyclic) bond motifs is 2. The molecule has 24 heavy (non-hydrogen) atoms. The van der Waals surface area contributed by atoms with Crippen molar-refractivity contribution in [3.63, 3.8) is 0 Å². The van der Waals surface area contributed by atoms with E-state index >= 15 is 0 Å². The Bertz CT molecular complexity index is 545. The lowest BCUT2D eigenvalue weighted by Gasteiger charge is -2.30. The quantitative estimate of drug-likeness (QED) is 0.838. The molecule has 2 bridgehead atoms. The zero-order chi connectivity index (χ0) is 17.1. The highest BCUT2D eigenvalue weighted by molar-refractivity contribution is 5.76. The second-order valence-electron chi connectivity index (χ2n) is 7.93. The molecule has 1 aromatic carbocycles. The lowest BCUT2D eigenvalue weighted by Crippen LogP contribution is -2.43. The van der Waals surface area contributed by atoms with Crippen LogP contribution in [0.3, 0.4) is 0 Å². The second kappa shape index (κ2) is 7.64.